The molecule has 1 fully saturated rings. The molecular formula is C18H21N3O14P2. The molecule has 5 atom stereocenters. The van der Waals surface area contributed by atoms with Crippen LogP contribution in [-0.4, -0.2) is 71.2 Å². The molecule has 17 nitrogen and oxygen atoms in total. The number of hydrogen-bond acceptors (Lipinski definition) is 12. The van der Waals surface area contributed by atoms with Crippen LogP contribution < -0.4 is 16.0 Å². The molecule has 0 saturated carbocycles. The van der Waals surface area contributed by atoms with Crippen LogP contribution in [0.25, 0.3) is 11.0 Å². The van der Waals surface area contributed by atoms with Crippen LogP contribution in [0.3, 0.4) is 0 Å². The molecule has 0 aliphatic carbocycles. The molecule has 19 heteroatoms. The lowest BCUT2D eigenvalue weighted by Gasteiger charge is -2.19. The fourth-order valence-corrected chi connectivity index (χ4v) is 5.25. The molecule has 1 aromatic carbocycles. The first-order chi connectivity index (χ1) is 17.3. The van der Waals surface area contributed by atoms with Gasteiger partial charge in [0.1, 0.15) is 29.8 Å². The van der Waals surface area contributed by atoms with Crippen molar-refractivity contribution in [3.8, 4) is 5.75 Å². The third-order valence-electron chi connectivity index (χ3n) is 5.38. The van der Waals surface area contributed by atoms with E-state index in [9.17, 15) is 33.8 Å². The molecule has 3 heterocycles. The van der Waals surface area contributed by atoms with Gasteiger partial charge in [0.25, 0.3) is 5.56 Å². The Labute approximate surface area is 205 Å². The lowest BCUT2D eigenvalue weighted by Crippen LogP contribution is -2.43. The summed E-state index contributed by atoms with van der Waals surface area (Å²) in [6, 6.07) is 5.84. The van der Waals surface area contributed by atoms with Gasteiger partial charge in [-0.05, 0) is 18.2 Å². The van der Waals surface area contributed by atoms with Gasteiger partial charge in [-0.25, -0.2) is 13.9 Å². The van der Waals surface area contributed by atoms with Crippen LogP contribution in [-0.2, 0) is 29.2 Å². The molecule has 2 aromatic heterocycles. The van der Waals surface area contributed by atoms with Crippen molar-refractivity contribution in [3.63, 3.8) is 0 Å². The van der Waals surface area contributed by atoms with Gasteiger partial charge in [-0.3, -0.25) is 18.5 Å². The van der Waals surface area contributed by atoms with Gasteiger partial charge < -0.3 is 38.9 Å². The third-order valence-corrected chi connectivity index (χ3v) is 7.53. The van der Waals surface area contributed by atoms with Crippen LogP contribution in [0, 0.1) is 0 Å². The van der Waals surface area contributed by atoms with Crippen LogP contribution in [0.4, 0.5) is 0 Å². The second kappa shape index (κ2) is 10.2. The van der Waals surface area contributed by atoms with Crippen LogP contribution in [0.5, 0.6) is 5.75 Å². The van der Waals surface area contributed by atoms with Crippen molar-refractivity contribution >= 4 is 26.6 Å². The Morgan fingerprint density at radius 2 is 1.84 bits per heavy atom. The Morgan fingerprint density at radius 1 is 1.11 bits per heavy atom. The summed E-state index contributed by atoms with van der Waals surface area (Å²) in [4.78, 5) is 52.3. The Hall–Kier alpha value is -2.69. The number of benzene rings is 1. The van der Waals surface area contributed by atoms with Gasteiger partial charge in [0.05, 0.1) is 25.6 Å². The van der Waals surface area contributed by atoms with Gasteiger partial charge in [-0.15, -0.1) is 0 Å². The lowest BCUT2D eigenvalue weighted by atomic mass is 10.1. The molecule has 5 N–H and O–H groups in total. The highest BCUT2D eigenvalue weighted by Gasteiger charge is 2.46. The zero-order valence-electron chi connectivity index (χ0n) is 18.8. The monoisotopic (exact) mass is 565 g/mol. The van der Waals surface area contributed by atoms with Crippen LogP contribution in [0.1, 0.15) is 11.9 Å². The molecular weight excluding hydrogens is 544 g/mol. The maximum Gasteiger partial charge on any atom is 0.481 e. The van der Waals surface area contributed by atoms with E-state index in [0.29, 0.717) is 16.7 Å². The van der Waals surface area contributed by atoms with Crippen molar-refractivity contribution in [2.75, 3.05) is 13.7 Å². The van der Waals surface area contributed by atoms with Crippen molar-refractivity contribution in [3.05, 3.63) is 57.0 Å². The van der Waals surface area contributed by atoms with Gasteiger partial charge in [0.15, 0.2) is 11.8 Å². The molecule has 0 bridgehead atoms. The van der Waals surface area contributed by atoms with E-state index in [1.807, 2.05) is 0 Å². The number of nitrogens with zero attached hydrogens (tertiary/aromatic N) is 3. The van der Waals surface area contributed by atoms with Crippen molar-refractivity contribution in [1.29, 1.82) is 0 Å². The Morgan fingerprint density at radius 3 is 2.51 bits per heavy atom. The molecule has 0 spiro atoms. The predicted octanol–water partition coefficient (Wildman–Crippen LogP) is -0.946. The number of phosphoric ester groups is 1. The smallest absolute Gasteiger partial charge is 0.481 e. The molecule has 37 heavy (non-hydrogen) atoms. The van der Waals surface area contributed by atoms with Crippen molar-refractivity contribution < 1.29 is 56.9 Å². The second-order valence-corrected chi connectivity index (χ2v) is 10.6. The minimum atomic E-state index is -5.38. The lowest BCUT2D eigenvalue weighted by molar-refractivity contribution is -0.0547. The quantitative estimate of drug-likeness (QED) is 0.197. The highest BCUT2D eigenvalue weighted by molar-refractivity contribution is 7.60. The molecule has 0 amide bonds. The number of aromatic nitrogens is 3. The summed E-state index contributed by atoms with van der Waals surface area (Å²) in [5.41, 5.74) is -1.07. The minimum Gasteiger partial charge on any atom is -0.497 e. The first-order valence-electron chi connectivity index (χ1n) is 10.3. The molecule has 1 aliphatic rings. The predicted molar refractivity (Wildman–Crippen MR) is 119 cm³/mol. The molecule has 202 valence electrons. The number of phosphoric acid groups is 2. The zero-order chi connectivity index (χ0) is 27.1. The van der Waals surface area contributed by atoms with E-state index >= 15 is 0 Å². The average Bonchev–Trinajstić information content (AvgIpc) is 3.34. The number of rotatable bonds is 9. The molecule has 1 aliphatic heterocycles. The van der Waals surface area contributed by atoms with E-state index in [-0.39, 0.29) is 12.2 Å². The molecule has 3 aromatic rings. The molecule has 0 radical (unpaired) electrons. The standard InChI is InChI=1S/C18H21N3O14P2/c1-31-9-2-3-12-10(6-9)11(19-34-12)7-21-14(22)4-5-20(18(21)25)17-16(24)15(23)13(33-17)8-32-37(29,30)35-36(26,27)28/h2-6,13,15-17,23-24H,7-8H2,1H3,(H,29,30)(H2,26,27,28)/t13-,15?,16+,17-/m1/s1. The maximum atomic E-state index is 13.1. The highest BCUT2D eigenvalue weighted by atomic mass is 31.3. The average molecular weight is 565 g/mol. The number of hydrogen-bond donors (Lipinski definition) is 5. The van der Waals surface area contributed by atoms with E-state index in [2.05, 4.69) is 14.0 Å². The summed E-state index contributed by atoms with van der Waals surface area (Å²) >= 11 is 0. The zero-order valence-corrected chi connectivity index (χ0v) is 20.5. The topological polar surface area (TPSA) is 242 Å². The maximum absolute atomic E-state index is 13.1. The van der Waals surface area contributed by atoms with Crippen molar-refractivity contribution in [1.82, 2.24) is 14.3 Å². The Kier molecular flexibility index (Phi) is 7.56. The number of aliphatic hydroxyl groups excluding tert-OH is 2. The summed E-state index contributed by atoms with van der Waals surface area (Å²) in [5.74, 6) is 0.484. The first-order valence-corrected chi connectivity index (χ1v) is 13.3. The van der Waals surface area contributed by atoms with E-state index in [4.69, 9.17) is 23.8 Å². The van der Waals surface area contributed by atoms with Gasteiger partial charge in [0, 0.05) is 12.3 Å². The van der Waals surface area contributed by atoms with Gasteiger partial charge in [0.2, 0.25) is 0 Å². The third kappa shape index (κ3) is 5.91. The normalized spacial score (nSPS) is 23.8. The van der Waals surface area contributed by atoms with E-state index in [1.54, 1.807) is 18.2 Å². The fourth-order valence-electron chi connectivity index (χ4n) is 3.65. The largest absolute Gasteiger partial charge is 0.497 e. The fraction of sp³-hybridized carbons (Fsp3) is 0.389. The first kappa shape index (κ1) is 27.3. The van der Waals surface area contributed by atoms with Crippen molar-refractivity contribution in [2.45, 2.75) is 31.1 Å². The number of aliphatic hydroxyl groups is 2. The van der Waals surface area contributed by atoms with Crippen molar-refractivity contribution in [2.24, 2.45) is 0 Å². The minimum absolute atomic E-state index is 0.230. The Balaban J connectivity index is 1.58. The van der Waals surface area contributed by atoms with Crippen LogP contribution >= 0.6 is 15.6 Å². The molecule has 2 unspecified atom stereocenters. The summed E-state index contributed by atoms with van der Waals surface area (Å²) in [6.45, 7) is -1.28. The summed E-state index contributed by atoms with van der Waals surface area (Å²) in [7, 11) is -9.19. The van der Waals surface area contributed by atoms with Gasteiger partial charge >= 0.3 is 21.3 Å². The second-order valence-electron chi connectivity index (χ2n) is 7.80. The molecule has 1 saturated heterocycles. The Bertz CT molecular complexity index is 1510. The van der Waals surface area contributed by atoms with Crippen LogP contribution in [0.2, 0.25) is 0 Å². The SMILES string of the molecule is COc1ccc2onc(Cn3c(=O)ccn([C@@H]4O[C@H](COP(=O)(O)OP(=O)(O)O)C(O)[C@@H]4O)c3=O)c2c1. The number of ether oxygens (including phenoxy) is 2. The highest BCUT2D eigenvalue weighted by Crippen LogP contribution is 2.57. The number of methoxy groups -OCH3 is 1. The van der Waals surface area contributed by atoms with Gasteiger partial charge in [-0.2, -0.15) is 4.31 Å². The summed E-state index contributed by atoms with van der Waals surface area (Å²) < 4.78 is 47.9. The van der Waals surface area contributed by atoms with E-state index in [1.165, 1.54) is 7.11 Å². The van der Waals surface area contributed by atoms with E-state index in [0.717, 1.165) is 21.4 Å². The summed E-state index contributed by atoms with van der Waals surface area (Å²) in [5, 5.41) is 25.1. The molecule has 4 rings (SSSR count). The summed E-state index contributed by atoms with van der Waals surface area (Å²) in [6.07, 6.45) is -5.62. The van der Waals surface area contributed by atoms with E-state index < -0.39 is 58.0 Å². The van der Waals surface area contributed by atoms with Crippen LogP contribution in [0.15, 0.2) is 44.6 Å². The van der Waals surface area contributed by atoms with Gasteiger partial charge in [-0.1, -0.05) is 5.16 Å². The number of fused-ring (bicyclic) bond motifs is 1.